The maximum absolute atomic E-state index is 12.2. The minimum atomic E-state index is -4.07. The Labute approximate surface area is 127 Å². The first-order valence-corrected chi connectivity index (χ1v) is 8.34. The molecule has 2 rings (SSSR count). The molecule has 1 aromatic carbocycles. The SMILES string of the molecule is Cc1csc(NS(=O)(=O)c2cc(Br)ccc2[N+](=O)[O-])n1. The van der Waals surface area contributed by atoms with Crippen LogP contribution in [0.4, 0.5) is 10.8 Å². The summed E-state index contributed by atoms with van der Waals surface area (Å²) in [7, 11) is -4.07. The number of aryl methyl sites for hydroxylation is 1. The zero-order chi connectivity index (χ0) is 14.9. The first-order valence-electron chi connectivity index (χ1n) is 5.18. The highest BCUT2D eigenvalue weighted by molar-refractivity contribution is 9.10. The van der Waals surface area contributed by atoms with Crippen LogP contribution >= 0.6 is 27.3 Å². The van der Waals surface area contributed by atoms with E-state index in [0.29, 0.717) is 10.2 Å². The first-order chi connectivity index (χ1) is 9.29. The van der Waals surface area contributed by atoms with Gasteiger partial charge in [0.25, 0.3) is 15.7 Å². The third-order valence-corrected chi connectivity index (χ3v) is 5.11. The van der Waals surface area contributed by atoms with Gasteiger partial charge in [0.2, 0.25) is 0 Å². The fourth-order valence-corrected chi connectivity index (χ4v) is 4.08. The quantitative estimate of drug-likeness (QED) is 0.651. The molecule has 0 radical (unpaired) electrons. The minimum Gasteiger partial charge on any atom is -0.258 e. The summed E-state index contributed by atoms with van der Waals surface area (Å²) in [4.78, 5) is 13.7. The van der Waals surface area contributed by atoms with Crippen molar-refractivity contribution in [2.24, 2.45) is 0 Å². The van der Waals surface area contributed by atoms with E-state index in [1.165, 1.54) is 12.1 Å². The predicted octanol–water partition coefficient (Wildman–Crippen LogP) is 2.92. The topological polar surface area (TPSA) is 102 Å². The van der Waals surface area contributed by atoms with Gasteiger partial charge in [-0.15, -0.1) is 11.3 Å². The van der Waals surface area contributed by atoms with E-state index in [2.05, 4.69) is 25.6 Å². The number of aromatic nitrogens is 1. The highest BCUT2D eigenvalue weighted by Gasteiger charge is 2.26. The summed E-state index contributed by atoms with van der Waals surface area (Å²) in [6.45, 7) is 1.72. The summed E-state index contributed by atoms with van der Waals surface area (Å²) in [5.74, 6) is 0. The molecule has 2 aromatic rings. The molecule has 0 saturated carbocycles. The molecule has 0 amide bonds. The number of sulfonamides is 1. The molecule has 10 heteroatoms. The molecule has 1 N–H and O–H groups in total. The van der Waals surface area contributed by atoms with Crippen LogP contribution in [0.5, 0.6) is 0 Å². The van der Waals surface area contributed by atoms with Crippen LogP contribution < -0.4 is 4.72 Å². The molecule has 0 spiro atoms. The van der Waals surface area contributed by atoms with E-state index in [9.17, 15) is 18.5 Å². The molecule has 0 fully saturated rings. The smallest absolute Gasteiger partial charge is 0.258 e. The lowest BCUT2D eigenvalue weighted by atomic mass is 10.3. The number of benzene rings is 1. The van der Waals surface area contributed by atoms with E-state index < -0.39 is 25.5 Å². The number of rotatable bonds is 4. The first kappa shape index (κ1) is 14.9. The Balaban J connectivity index is 2.48. The molecule has 7 nitrogen and oxygen atoms in total. The molecule has 0 aliphatic rings. The summed E-state index contributed by atoms with van der Waals surface area (Å²) in [6.07, 6.45) is 0. The molecule has 0 unspecified atom stereocenters. The molecule has 1 aromatic heterocycles. The van der Waals surface area contributed by atoms with Gasteiger partial charge in [-0.2, -0.15) is 0 Å². The van der Waals surface area contributed by atoms with Crippen LogP contribution in [0.25, 0.3) is 0 Å². The van der Waals surface area contributed by atoms with Gasteiger partial charge < -0.3 is 0 Å². The summed E-state index contributed by atoms with van der Waals surface area (Å²) in [5.41, 5.74) is 0.172. The molecule has 0 saturated heterocycles. The number of hydrogen-bond donors (Lipinski definition) is 1. The van der Waals surface area contributed by atoms with Crippen LogP contribution in [-0.2, 0) is 10.0 Å². The number of thiazole rings is 1. The lowest BCUT2D eigenvalue weighted by Gasteiger charge is -2.06. The van der Waals surface area contributed by atoms with E-state index in [-0.39, 0.29) is 5.13 Å². The van der Waals surface area contributed by atoms with Gasteiger partial charge in [-0.3, -0.25) is 14.8 Å². The van der Waals surface area contributed by atoms with Crippen molar-refractivity contribution in [1.29, 1.82) is 0 Å². The predicted molar refractivity (Wildman–Crippen MR) is 78.5 cm³/mol. The van der Waals surface area contributed by atoms with E-state index in [1.54, 1.807) is 12.3 Å². The van der Waals surface area contributed by atoms with Crippen molar-refractivity contribution in [3.63, 3.8) is 0 Å². The van der Waals surface area contributed by atoms with Gasteiger partial charge >= 0.3 is 0 Å². The lowest BCUT2D eigenvalue weighted by Crippen LogP contribution is -2.14. The molecular formula is C10H8BrN3O4S2. The van der Waals surface area contributed by atoms with Gasteiger partial charge in [0.1, 0.15) is 0 Å². The Morgan fingerprint density at radius 3 is 2.70 bits per heavy atom. The maximum atomic E-state index is 12.2. The van der Waals surface area contributed by atoms with Gasteiger partial charge in [-0.1, -0.05) is 15.9 Å². The van der Waals surface area contributed by atoms with Crippen molar-refractivity contribution in [2.45, 2.75) is 11.8 Å². The van der Waals surface area contributed by atoms with Crippen LogP contribution in [0.3, 0.4) is 0 Å². The number of anilines is 1. The number of nitrogens with one attached hydrogen (secondary N) is 1. The third kappa shape index (κ3) is 3.14. The van der Waals surface area contributed by atoms with Gasteiger partial charge in [-0.25, -0.2) is 13.4 Å². The molecule has 0 aliphatic heterocycles. The number of halogens is 1. The van der Waals surface area contributed by atoms with E-state index in [1.807, 2.05) is 0 Å². The molecule has 20 heavy (non-hydrogen) atoms. The summed E-state index contributed by atoms with van der Waals surface area (Å²) in [5, 5.41) is 12.8. The Bertz CT molecular complexity index is 773. The third-order valence-electron chi connectivity index (χ3n) is 2.25. The van der Waals surface area contributed by atoms with Crippen LogP contribution in [0.2, 0.25) is 0 Å². The zero-order valence-corrected chi connectivity index (χ0v) is 13.3. The fraction of sp³-hybridized carbons (Fsp3) is 0.100. The lowest BCUT2D eigenvalue weighted by molar-refractivity contribution is -0.387. The highest BCUT2D eigenvalue weighted by Crippen LogP contribution is 2.29. The molecule has 0 aliphatic carbocycles. The Kier molecular flexibility index (Phi) is 4.06. The van der Waals surface area contributed by atoms with Gasteiger partial charge in [0.15, 0.2) is 10.0 Å². The largest absolute Gasteiger partial charge is 0.289 e. The maximum Gasteiger partial charge on any atom is 0.289 e. The molecule has 106 valence electrons. The monoisotopic (exact) mass is 377 g/mol. The summed E-state index contributed by atoms with van der Waals surface area (Å²) >= 11 is 4.21. The number of nitro benzene ring substituents is 1. The standard InChI is InChI=1S/C10H8BrN3O4S2/c1-6-5-19-10(12-6)13-20(17,18)9-4-7(11)2-3-8(9)14(15)16/h2-5H,1H3,(H,12,13). The summed E-state index contributed by atoms with van der Waals surface area (Å²) in [6, 6.07) is 3.72. The van der Waals surface area contributed by atoms with Gasteiger partial charge in [-0.05, 0) is 19.1 Å². The summed E-state index contributed by atoms with van der Waals surface area (Å²) < 4.78 is 27.1. The van der Waals surface area contributed by atoms with E-state index in [0.717, 1.165) is 17.4 Å². The van der Waals surface area contributed by atoms with Gasteiger partial charge in [0.05, 0.1) is 10.6 Å². The zero-order valence-electron chi connectivity index (χ0n) is 10.0. The average Bonchev–Trinajstić information content (AvgIpc) is 2.73. The Morgan fingerprint density at radius 2 is 2.15 bits per heavy atom. The molecular weight excluding hydrogens is 370 g/mol. The second-order valence-corrected chi connectivity index (χ2v) is 7.19. The number of nitrogens with zero attached hydrogens (tertiary/aromatic N) is 2. The molecule has 1 heterocycles. The van der Waals surface area contributed by atoms with Gasteiger partial charge in [0, 0.05) is 15.9 Å². The van der Waals surface area contributed by atoms with Crippen molar-refractivity contribution in [3.8, 4) is 0 Å². The van der Waals surface area contributed by atoms with Crippen LogP contribution in [0.1, 0.15) is 5.69 Å². The second kappa shape index (κ2) is 5.46. The van der Waals surface area contributed by atoms with Crippen molar-refractivity contribution < 1.29 is 13.3 Å². The Morgan fingerprint density at radius 1 is 1.45 bits per heavy atom. The van der Waals surface area contributed by atoms with E-state index >= 15 is 0 Å². The molecule has 0 bridgehead atoms. The number of hydrogen-bond acceptors (Lipinski definition) is 6. The van der Waals surface area contributed by atoms with Crippen LogP contribution in [0.15, 0.2) is 32.9 Å². The van der Waals surface area contributed by atoms with Crippen molar-refractivity contribution >= 4 is 48.1 Å². The van der Waals surface area contributed by atoms with Crippen molar-refractivity contribution in [3.05, 3.63) is 43.9 Å². The average molecular weight is 378 g/mol. The number of nitro groups is 1. The second-order valence-electron chi connectivity index (χ2n) is 3.77. The fourth-order valence-electron chi connectivity index (χ4n) is 1.42. The van der Waals surface area contributed by atoms with Crippen LogP contribution in [0, 0.1) is 17.0 Å². The molecule has 0 atom stereocenters. The normalized spacial score (nSPS) is 11.3. The Hall–Kier alpha value is -1.52. The highest BCUT2D eigenvalue weighted by atomic mass is 79.9. The van der Waals surface area contributed by atoms with Crippen molar-refractivity contribution in [1.82, 2.24) is 4.98 Å². The van der Waals surface area contributed by atoms with E-state index in [4.69, 9.17) is 0 Å². The van der Waals surface area contributed by atoms with Crippen LogP contribution in [-0.4, -0.2) is 18.3 Å². The van der Waals surface area contributed by atoms with Crippen molar-refractivity contribution in [2.75, 3.05) is 4.72 Å². The minimum absolute atomic E-state index is 0.164.